The molecule has 2 aromatic carbocycles. The summed E-state index contributed by atoms with van der Waals surface area (Å²) in [5.41, 5.74) is 7.74. The van der Waals surface area contributed by atoms with Crippen LogP contribution in [-0.2, 0) is 6.61 Å². The fourth-order valence-electron chi connectivity index (χ4n) is 1.82. The monoisotopic (exact) mass is 373 g/mol. The molecular weight excluding hydrogens is 361 g/mol. The molecule has 2 aromatic rings. The highest BCUT2D eigenvalue weighted by molar-refractivity contribution is 9.10. The van der Waals surface area contributed by atoms with Crippen molar-refractivity contribution in [3.05, 3.63) is 62.0 Å². The fraction of sp³-hybridized carbons (Fsp3) is 0.200. The molecule has 0 amide bonds. The lowest BCUT2D eigenvalue weighted by Gasteiger charge is -2.15. The van der Waals surface area contributed by atoms with Crippen LogP contribution in [0.5, 0.6) is 5.75 Å². The van der Waals surface area contributed by atoms with E-state index in [1.807, 2.05) is 37.3 Å². The van der Waals surface area contributed by atoms with Gasteiger partial charge in [0.15, 0.2) is 0 Å². The van der Waals surface area contributed by atoms with Crippen LogP contribution in [0.1, 0.15) is 24.1 Å². The lowest BCUT2D eigenvalue weighted by Crippen LogP contribution is -2.08. The van der Waals surface area contributed by atoms with E-state index < -0.39 is 0 Å². The number of ether oxygens (including phenoxy) is 1. The Bertz CT molecular complexity index is 617. The van der Waals surface area contributed by atoms with Gasteiger partial charge >= 0.3 is 0 Å². The average molecular weight is 375 g/mol. The first-order valence-corrected chi connectivity index (χ1v) is 7.64. The van der Waals surface area contributed by atoms with Gasteiger partial charge in [0, 0.05) is 21.6 Å². The van der Waals surface area contributed by atoms with Gasteiger partial charge in [0.2, 0.25) is 0 Å². The van der Waals surface area contributed by atoms with E-state index in [4.69, 9.17) is 33.7 Å². The number of nitrogens with two attached hydrogens (primary N) is 1. The summed E-state index contributed by atoms with van der Waals surface area (Å²) in [6.45, 7) is 2.26. The molecule has 1 unspecified atom stereocenters. The highest BCUT2D eigenvalue weighted by Gasteiger charge is 2.10. The van der Waals surface area contributed by atoms with E-state index in [-0.39, 0.29) is 6.04 Å². The standard InChI is InChI=1S/C15H14BrCl2NO/c1-9(19)12-6-5-11(16)7-14(12)20-8-10-3-2-4-13(17)15(10)18/h2-7,9H,8,19H2,1H3. The summed E-state index contributed by atoms with van der Waals surface area (Å²) in [6, 6.07) is 11.2. The van der Waals surface area contributed by atoms with Crippen LogP contribution in [-0.4, -0.2) is 0 Å². The highest BCUT2D eigenvalue weighted by Crippen LogP contribution is 2.30. The normalized spacial score (nSPS) is 12.2. The van der Waals surface area contributed by atoms with E-state index in [2.05, 4.69) is 15.9 Å². The van der Waals surface area contributed by atoms with Gasteiger partial charge in [-0.15, -0.1) is 0 Å². The van der Waals surface area contributed by atoms with Crippen molar-refractivity contribution in [1.82, 2.24) is 0 Å². The van der Waals surface area contributed by atoms with Gasteiger partial charge in [-0.05, 0) is 25.1 Å². The Morgan fingerprint density at radius 2 is 2.00 bits per heavy atom. The zero-order valence-corrected chi connectivity index (χ0v) is 14.0. The van der Waals surface area contributed by atoms with Crippen LogP contribution >= 0.6 is 39.1 Å². The van der Waals surface area contributed by atoms with Gasteiger partial charge < -0.3 is 10.5 Å². The molecule has 1 atom stereocenters. The summed E-state index contributed by atoms with van der Waals surface area (Å²) < 4.78 is 6.79. The average Bonchev–Trinajstić information content (AvgIpc) is 2.40. The molecule has 2 N–H and O–H groups in total. The maximum atomic E-state index is 6.15. The first-order chi connectivity index (χ1) is 9.49. The van der Waals surface area contributed by atoms with E-state index >= 15 is 0 Å². The minimum atomic E-state index is -0.104. The highest BCUT2D eigenvalue weighted by atomic mass is 79.9. The Balaban J connectivity index is 2.22. The SMILES string of the molecule is CC(N)c1ccc(Br)cc1OCc1cccc(Cl)c1Cl. The van der Waals surface area contributed by atoms with Gasteiger partial charge in [0.1, 0.15) is 12.4 Å². The van der Waals surface area contributed by atoms with E-state index in [0.29, 0.717) is 16.7 Å². The van der Waals surface area contributed by atoms with Crippen molar-refractivity contribution in [3.63, 3.8) is 0 Å². The van der Waals surface area contributed by atoms with Crippen LogP contribution in [0.25, 0.3) is 0 Å². The summed E-state index contributed by atoms with van der Waals surface area (Å²) in [5.74, 6) is 0.741. The van der Waals surface area contributed by atoms with Crippen molar-refractivity contribution in [1.29, 1.82) is 0 Å². The summed E-state index contributed by atoms with van der Waals surface area (Å²) in [4.78, 5) is 0. The smallest absolute Gasteiger partial charge is 0.125 e. The third kappa shape index (κ3) is 3.67. The van der Waals surface area contributed by atoms with Gasteiger partial charge in [-0.25, -0.2) is 0 Å². The molecule has 2 rings (SSSR count). The molecule has 5 heteroatoms. The number of hydrogen-bond acceptors (Lipinski definition) is 2. The summed E-state index contributed by atoms with van der Waals surface area (Å²) in [5, 5.41) is 1.04. The Morgan fingerprint density at radius 3 is 2.70 bits per heavy atom. The Labute approximate surface area is 137 Å². The molecule has 0 radical (unpaired) electrons. The molecule has 2 nitrogen and oxygen atoms in total. The fourth-order valence-corrected chi connectivity index (χ4v) is 2.54. The second-order valence-electron chi connectivity index (χ2n) is 4.47. The van der Waals surface area contributed by atoms with E-state index in [0.717, 1.165) is 21.3 Å². The topological polar surface area (TPSA) is 35.2 Å². The molecule has 20 heavy (non-hydrogen) atoms. The second-order valence-corrected chi connectivity index (χ2v) is 6.17. The lowest BCUT2D eigenvalue weighted by molar-refractivity contribution is 0.301. The number of halogens is 3. The Morgan fingerprint density at radius 1 is 1.25 bits per heavy atom. The third-order valence-corrected chi connectivity index (χ3v) is 4.23. The van der Waals surface area contributed by atoms with Gasteiger partial charge in [0.05, 0.1) is 10.0 Å². The largest absolute Gasteiger partial charge is 0.488 e. The van der Waals surface area contributed by atoms with Crippen molar-refractivity contribution in [2.24, 2.45) is 5.73 Å². The van der Waals surface area contributed by atoms with Crippen LogP contribution in [0.4, 0.5) is 0 Å². The second kappa shape index (κ2) is 6.81. The number of rotatable bonds is 4. The summed E-state index contributed by atoms with van der Waals surface area (Å²) in [7, 11) is 0. The van der Waals surface area contributed by atoms with Crippen molar-refractivity contribution in [3.8, 4) is 5.75 Å². The molecule has 106 valence electrons. The molecule has 0 heterocycles. The first kappa shape index (κ1) is 15.6. The minimum Gasteiger partial charge on any atom is -0.488 e. The zero-order valence-electron chi connectivity index (χ0n) is 10.9. The van der Waals surface area contributed by atoms with Crippen molar-refractivity contribution in [2.75, 3.05) is 0 Å². The van der Waals surface area contributed by atoms with Crippen LogP contribution in [0.3, 0.4) is 0 Å². The lowest BCUT2D eigenvalue weighted by atomic mass is 10.1. The van der Waals surface area contributed by atoms with Crippen LogP contribution in [0.2, 0.25) is 10.0 Å². The van der Waals surface area contributed by atoms with Crippen molar-refractivity contribution in [2.45, 2.75) is 19.6 Å². The number of benzene rings is 2. The molecule has 0 aromatic heterocycles. The van der Waals surface area contributed by atoms with E-state index in [9.17, 15) is 0 Å². The maximum absolute atomic E-state index is 6.15. The molecule has 0 aliphatic rings. The van der Waals surface area contributed by atoms with Gasteiger partial charge in [-0.1, -0.05) is 57.3 Å². The molecule has 0 aliphatic carbocycles. The molecular formula is C15H14BrCl2NO. The Kier molecular flexibility index (Phi) is 5.33. The molecule has 0 saturated carbocycles. The van der Waals surface area contributed by atoms with Crippen LogP contribution in [0, 0.1) is 0 Å². The van der Waals surface area contributed by atoms with Crippen molar-refractivity contribution >= 4 is 39.1 Å². The van der Waals surface area contributed by atoms with Crippen LogP contribution < -0.4 is 10.5 Å². The molecule has 0 fully saturated rings. The summed E-state index contributed by atoms with van der Waals surface area (Å²) >= 11 is 15.6. The minimum absolute atomic E-state index is 0.104. The molecule has 0 bridgehead atoms. The third-order valence-electron chi connectivity index (χ3n) is 2.88. The Hall–Kier alpha value is -0.740. The zero-order chi connectivity index (χ0) is 14.7. The molecule has 0 spiro atoms. The van der Waals surface area contributed by atoms with Gasteiger partial charge in [-0.3, -0.25) is 0 Å². The molecule has 0 saturated heterocycles. The first-order valence-electron chi connectivity index (χ1n) is 6.09. The quantitative estimate of drug-likeness (QED) is 0.782. The van der Waals surface area contributed by atoms with Crippen molar-refractivity contribution < 1.29 is 4.74 Å². The summed E-state index contributed by atoms with van der Waals surface area (Å²) in [6.07, 6.45) is 0. The predicted octanol–water partition coefficient (Wildman–Crippen LogP) is 5.35. The van der Waals surface area contributed by atoms with E-state index in [1.165, 1.54) is 0 Å². The maximum Gasteiger partial charge on any atom is 0.125 e. The van der Waals surface area contributed by atoms with Gasteiger partial charge in [-0.2, -0.15) is 0 Å². The van der Waals surface area contributed by atoms with E-state index in [1.54, 1.807) is 6.07 Å². The molecule has 0 aliphatic heterocycles. The van der Waals surface area contributed by atoms with Gasteiger partial charge in [0.25, 0.3) is 0 Å². The number of hydrogen-bond donors (Lipinski definition) is 1. The predicted molar refractivity (Wildman–Crippen MR) is 87.5 cm³/mol. The van der Waals surface area contributed by atoms with Crippen LogP contribution in [0.15, 0.2) is 40.9 Å².